The first-order chi connectivity index (χ1) is 13.9. The number of nitrogens with zero attached hydrogens (tertiary/aromatic N) is 3. The number of rotatable bonds is 9. The molecule has 2 aromatic heterocycles. The number of aryl methyl sites for hydroxylation is 1. The minimum Gasteiger partial charge on any atom is -0.486 e. The number of hydrogen-bond donors (Lipinski definition) is 0. The first-order valence-corrected chi connectivity index (χ1v) is 11.3. The van der Waals surface area contributed by atoms with Crippen LogP contribution in [0.1, 0.15) is 31.5 Å². The number of carbonyl (C=O) groups excluding carboxylic acids is 1. The van der Waals surface area contributed by atoms with Gasteiger partial charge < -0.3 is 14.5 Å². The first kappa shape index (κ1) is 21.5. The Kier molecular flexibility index (Phi) is 7.41. The zero-order valence-corrected chi connectivity index (χ0v) is 19.0. The molecule has 3 aromatic rings. The fourth-order valence-electron chi connectivity index (χ4n) is 2.83. The van der Waals surface area contributed by atoms with Gasteiger partial charge in [0.2, 0.25) is 0 Å². The van der Waals surface area contributed by atoms with Crippen molar-refractivity contribution in [2.24, 2.45) is 0 Å². The van der Waals surface area contributed by atoms with Gasteiger partial charge in [-0.05, 0) is 56.6 Å². The van der Waals surface area contributed by atoms with Crippen molar-refractivity contribution < 1.29 is 9.53 Å². The summed E-state index contributed by atoms with van der Waals surface area (Å²) in [4.78, 5) is 22.3. The van der Waals surface area contributed by atoms with E-state index in [2.05, 4.69) is 24.8 Å². The maximum Gasteiger partial charge on any atom is 0.264 e. The molecule has 154 valence electrons. The molecule has 0 saturated heterocycles. The number of thiophene rings is 1. The van der Waals surface area contributed by atoms with Crippen LogP contribution in [0.3, 0.4) is 0 Å². The van der Waals surface area contributed by atoms with Crippen LogP contribution in [0.15, 0.2) is 41.1 Å². The molecule has 0 fully saturated rings. The molecular weight excluding hydrogens is 402 g/mol. The van der Waals surface area contributed by atoms with E-state index in [1.165, 1.54) is 16.9 Å². The van der Waals surface area contributed by atoms with Crippen molar-refractivity contribution in [3.05, 3.63) is 67.8 Å². The van der Waals surface area contributed by atoms with Crippen LogP contribution in [0.2, 0.25) is 0 Å². The lowest BCUT2D eigenvalue weighted by molar-refractivity contribution is 0.0735. The van der Waals surface area contributed by atoms with Crippen molar-refractivity contribution in [2.75, 3.05) is 27.2 Å². The largest absolute Gasteiger partial charge is 0.486 e. The number of carbonyl (C=O) groups is 1. The molecule has 0 aliphatic rings. The molecule has 2 heterocycles. The SMILES string of the molecule is Cc1cccc(OCc2nc(CN(CCN(C)C)C(=O)c3cccs3)cs2)c1C. The Morgan fingerprint density at radius 2 is 1.93 bits per heavy atom. The smallest absolute Gasteiger partial charge is 0.264 e. The van der Waals surface area contributed by atoms with Crippen LogP contribution in [-0.2, 0) is 13.2 Å². The topological polar surface area (TPSA) is 45.7 Å². The van der Waals surface area contributed by atoms with Crippen LogP contribution in [0, 0.1) is 13.8 Å². The zero-order chi connectivity index (χ0) is 20.8. The molecule has 0 aliphatic carbocycles. The molecule has 3 rings (SSSR count). The summed E-state index contributed by atoms with van der Waals surface area (Å²) < 4.78 is 5.97. The van der Waals surface area contributed by atoms with E-state index in [0.717, 1.165) is 33.4 Å². The van der Waals surface area contributed by atoms with Gasteiger partial charge in [-0.15, -0.1) is 22.7 Å². The van der Waals surface area contributed by atoms with Crippen LogP contribution in [-0.4, -0.2) is 47.9 Å². The highest BCUT2D eigenvalue weighted by atomic mass is 32.1. The Balaban J connectivity index is 1.65. The second-order valence-electron chi connectivity index (χ2n) is 7.23. The molecule has 0 unspecified atom stereocenters. The fraction of sp³-hybridized carbons (Fsp3) is 0.364. The summed E-state index contributed by atoms with van der Waals surface area (Å²) in [7, 11) is 4.03. The third kappa shape index (κ3) is 5.88. The molecule has 1 aromatic carbocycles. The number of hydrogen-bond acceptors (Lipinski definition) is 6. The van der Waals surface area contributed by atoms with Crippen LogP contribution < -0.4 is 4.74 Å². The Bertz CT molecular complexity index is 935. The Hall–Kier alpha value is -2.22. The van der Waals surface area contributed by atoms with Crippen LogP contribution in [0.5, 0.6) is 5.75 Å². The van der Waals surface area contributed by atoms with Gasteiger partial charge in [0, 0.05) is 18.5 Å². The number of amides is 1. The summed E-state index contributed by atoms with van der Waals surface area (Å²) >= 11 is 3.05. The molecule has 5 nitrogen and oxygen atoms in total. The average Bonchev–Trinajstić information content (AvgIpc) is 3.38. The molecular formula is C22H27N3O2S2. The Morgan fingerprint density at radius 3 is 2.66 bits per heavy atom. The van der Waals surface area contributed by atoms with E-state index in [9.17, 15) is 4.79 Å². The molecule has 0 saturated carbocycles. The standard InChI is InChI=1S/C22H27N3O2S2/c1-16-7-5-8-19(17(16)2)27-14-21-23-18(15-29-21)13-25(11-10-24(3)4)22(26)20-9-6-12-28-20/h5-9,12,15H,10-11,13-14H2,1-4H3. The first-order valence-electron chi connectivity index (χ1n) is 9.54. The van der Waals surface area contributed by atoms with Crippen LogP contribution in [0.25, 0.3) is 0 Å². The molecule has 0 bridgehead atoms. The monoisotopic (exact) mass is 429 g/mol. The van der Waals surface area contributed by atoms with Crippen molar-refractivity contribution in [2.45, 2.75) is 27.0 Å². The lowest BCUT2D eigenvalue weighted by Gasteiger charge is -2.23. The summed E-state index contributed by atoms with van der Waals surface area (Å²) in [5.41, 5.74) is 3.27. The second-order valence-corrected chi connectivity index (χ2v) is 9.12. The number of benzene rings is 1. The van der Waals surface area contributed by atoms with Crippen molar-refractivity contribution in [3.63, 3.8) is 0 Å². The number of aromatic nitrogens is 1. The van der Waals surface area contributed by atoms with Gasteiger partial charge in [-0.3, -0.25) is 4.79 Å². The van der Waals surface area contributed by atoms with Gasteiger partial charge in [0.25, 0.3) is 5.91 Å². The van der Waals surface area contributed by atoms with E-state index in [0.29, 0.717) is 19.7 Å². The summed E-state index contributed by atoms with van der Waals surface area (Å²) in [5.74, 6) is 0.949. The highest BCUT2D eigenvalue weighted by Gasteiger charge is 2.18. The van der Waals surface area contributed by atoms with E-state index in [4.69, 9.17) is 9.72 Å². The highest BCUT2D eigenvalue weighted by molar-refractivity contribution is 7.12. The van der Waals surface area contributed by atoms with Crippen LogP contribution in [0.4, 0.5) is 0 Å². The minimum atomic E-state index is 0.0584. The summed E-state index contributed by atoms with van der Waals surface area (Å²) in [6.45, 7) is 6.56. The maximum absolute atomic E-state index is 12.9. The summed E-state index contributed by atoms with van der Waals surface area (Å²) in [6.07, 6.45) is 0. The summed E-state index contributed by atoms with van der Waals surface area (Å²) in [6, 6.07) is 9.85. The molecule has 0 spiro atoms. The highest BCUT2D eigenvalue weighted by Crippen LogP contribution is 2.23. The normalized spacial score (nSPS) is 11.1. The predicted molar refractivity (Wildman–Crippen MR) is 120 cm³/mol. The van der Waals surface area contributed by atoms with E-state index in [1.54, 1.807) is 11.3 Å². The van der Waals surface area contributed by atoms with Gasteiger partial charge in [0.15, 0.2) is 0 Å². The molecule has 0 atom stereocenters. The van der Waals surface area contributed by atoms with Crippen molar-refractivity contribution in [3.8, 4) is 5.75 Å². The van der Waals surface area contributed by atoms with Crippen molar-refractivity contribution >= 4 is 28.6 Å². The van der Waals surface area contributed by atoms with Crippen LogP contribution >= 0.6 is 22.7 Å². The molecule has 7 heteroatoms. The molecule has 0 N–H and O–H groups in total. The number of likely N-dealkylation sites (N-methyl/N-ethyl adjacent to an activating group) is 1. The molecule has 1 amide bonds. The van der Waals surface area contributed by atoms with E-state index in [-0.39, 0.29) is 5.91 Å². The average molecular weight is 430 g/mol. The zero-order valence-electron chi connectivity index (χ0n) is 17.3. The minimum absolute atomic E-state index is 0.0584. The van der Waals surface area contributed by atoms with Crippen molar-refractivity contribution in [1.82, 2.24) is 14.8 Å². The van der Waals surface area contributed by atoms with Gasteiger partial charge in [-0.2, -0.15) is 0 Å². The van der Waals surface area contributed by atoms with Gasteiger partial charge in [0.05, 0.1) is 17.1 Å². The van der Waals surface area contributed by atoms with E-state index >= 15 is 0 Å². The van der Waals surface area contributed by atoms with Gasteiger partial charge in [-0.1, -0.05) is 18.2 Å². The Labute approximate surface area is 180 Å². The summed E-state index contributed by atoms with van der Waals surface area (Å²) in [5, 5.41) is 4.87. The number of ether oxygens (including phenoxy) is 1. The Morgan fingerprint density at radius 1 is 1.10 bits per heavy atom. The third-order valence-electron chi connectivity index (χ3n) is 4.69. The fourth-order valence-corrected chi connectivity index (χ4v) is 4.22. The molecule has 0 radical (unpaired) electrons. The quantitative estimate of drug-likeness (QED) is 0.499. The van der Waals surface area contributed by atoms with Gasteiger partial charge in [-0.25, -0.2) is 4.98 Å². The molecule has 29 heavy (non-hydrogen) atoms. The lowest BCUT2D eigenvalue weighted by atomic mass is 10.1. The van der Waals surface area contributed by atoms with E-state index in [1.807, 2.05) is 54.0 Å². The second kappa shape index (κ2) is 10.0. The van der Waals surface area contributed by atoms with Gasteiger partial charge in [0.1, 0.15) is 17.4 Å². The number of thiazole rings is 1. The van der Waals surface area contributed by atoms with E-state index < -0.39 is 0 Å². The lowest BCUT2D eigenvalue weighted by Crippen LogP contribution is -2.36. The maximum atomic E-state index is 12.9. The molecule has 0 aliphatic heterocycles. The van der Waals surface area contributed by atoms with Crippen molar-refractivity contribution in [1.29, 1.82) is 0 Å². The van der Waals surface area contributed by atoms with Gasteiger partial charge >= 0.3 is 0 Å². The predicted octanol–water partition coefficient (Wildman–Crippen LogP) is 4.60. The third-order valence-corrected chi connectivity index (χ3v) is 6.42.